The van der Waals surface area contributed by atoms with Crippen molar-refractivity contribution in [2.24, 2.45) is 0 Å². The zero-order valence-corrected chi connectivity index (χ0v) is 20.8. The van der Waals surface area contributed by atoms with E-state index in [1.54, 1.807) is 6.92 Å². The highest BCUT2D eigenvalue weighted by Gasteiger charge is 2.60. The van der Waals surface area contributed by atoms with Gasteiger partial charge in [-0.1, -0.05) is 131 Å². The summed E-state index contributed by atoms with van der Waals surface area (Å²) in [5, 5.41) is 0.630. The summed E-state index contributed by atoms with van der Waals surface area (Å²) >= 11 is 3.48. The monoisotopic (exact) mass is 525 g/mol. The van der Waals surface area contributed by atoms with Crippen molar-refractivity contribution in [1.82, 2.24) is 4.90 Å². The van der Waals surface area contributed by atoms with Gasteiger partial charge in [0.15, 0.2) is 0 Å². The van der Waals surface area contributed by atoms with Crippen molar-refractivity contribution >= 4 is 27.9 Å². The maximum absolute atomic E-state index is 14.4. The average Bonchev–Trinajstić information content (AvgIpc) is 3.15. The van der Waals surface area contributed by atoms with Crippen LogP contribution in [0, 0.1) is 0 Å². The normalized spacial score (nSPS) is 17.9. The van der Waals surface area contributed by atoms with Gasteiger partial charge in [-0.3, -0.25) is 4.79 Å². The van der Waals surface area contributed by atoms with Crippen LogP contribution in [-0.4, -0.2) is 16.9 Å². The third kappa shape index (κ3) is 3.67. The van der Waals surface area contributed by atoms with Crippen LogP contribution in [0.3, 0.4) is 0 Å². The van der Waals surface area contributed by atoms with E-state index >= 15 is 0 Å². The molecule has 1 saturated heterocycles. The smallest absolute Gasteiger partial charge is 0.419 e. The van der Waals surface area contributed by atoms with Gasteiger partial charge >= 0.3 is 6.09 Å². The first-order chi connectivity index (χ1) is 17.0. The van der Waals surface area contributed by atoms with E-state index in [-0.39, 0.29) is 0 Å². The van der Waals surface area contributed by atoms with Crippen LogP contribution in [-0.2, 0) is 26.0 Å². The van der Waals surface area contributed by atoms with Gasteiger partial charge in [0, 0.05) is 10.9 Å². The molecule has 0 N–H and O–H groups in total. The van der Waals surface area contributed by atoms with Crippen LogP contribution in [0.5, 0.6) is 0 Å². The van der Waals surface area contributed by atoms with E-state index in [0.29, 0.717) is 10.9 Å². The Morgan fingerprint density at radius 1 is 0.743 bits per heavy atom. The molecule has 0 radical (unpaired) electrons. The number of carbonyl (C=O) groups excluding carboxylic acids is 2. The van der Waals surface area contributed by atoms with Crippen LogP contribution in [0.1, 0.15) is 34.7 Å². The number of nitrogens with zero attached hydrogens (tertiary/aromatic N) is 1. The van der Waals surface area contributed by atoms with E-state index in [0.717, 1.165) is 22.3 Å². The number of benzene rings is 4. The fraction of sp³-hybridized carbons (Fsp3) is 0.133. The van der Waals surface area contributed by atoms with Gasteiger partial charge in [-0.15, -0.1) is 0 Å². The third-order valence-corrected chi connectivity index (χ3v) is 7.27. The Bertz CT molecular complexity index is 1260. The zero-order chi connectivity index (χ0) is 24.5. The first-order valence-corrected chi connectivity index (χ1v) is 12.5. The molecule has 1 heterocycles. The Balaban J connectivity index is 1.79. The average molecular weight is 526 g/mol. The summed E-state index contributed by atoms with van der Waals surface area (Å²) in [6, 6.07) is 36.5. The van der Waals surface area contributed by atoms with Gasteiger partial charge in [0.1, 0.15) is 5.54 Å². The minimum Gasteiger partial charge on any atom is -0.428 e. The van der Waals surface area contributed by atoms with Crippen molar-refractivity contribution in [3.05, 3.63) is 143 Å². The number of alkyl halides is 1. The predicted octanol–water partition coefficient (Wildman–Crippen LogP) is 6.77. The van der Waals surface area contributed by atoms with E-state index < -0.39 is 23.1 Å². The Morgan fingerprint density at radius 2 is 1.23 bits per heavy atom. The van der Waals surface area contributed by atoms with E-state index in [9.17, 15) is 9.59 Å². The van der Waals surface area contributed by atoms with Gasteiger partial charge in [-0.2, -0.15) is 0 Å². The molecular weight excluding hydrogens is 502 g/mol. The van der Waals surface area contributed by atoms with Crippen LogP contribution >= 0.6 is 15.9 Å². The lowest BCUT2D eigenvalue weighted by atomic mass is 9.75. The largest absolute Gasteiger partial charge is 0.428 e. The molecule has 1 atom stereocenters. The molecule has 0 bridgehead atoms. The number of amides is 2. The van der Waals surface area contributed by atoms with E-state index in [2.05, 4.69) is 15.9 Å². The molecule has 2 amide bonds. The highest BCUT2D eigenvalue weighted by Crippen LogP contribution is 2.48. The highest BCUT2D eigenvalue weighted by atomic mass is 79.9. The highest BCUT2D eigenvalue weighted by molar-refractivity contribution is 9.08. The van der Waals surface area contributed by atoms with Crippen LogP contribution in [0.4, 0.5) is 4.79 Å². The van der Waals surface area contributed by atoms with Crippen LogP contribution in [0.15, 0.2) is 115 Å². The number of halogens is 1. The second-order valence-electron chi connectivity index (χ2n) is 8.68. The van der Waals surface area contributed by atoms with E-state index in [1.165, 1.54) is 4.90 Å². The zero-order valence-electron chi connectivity index (χ0n) is 19.2. The number of ether oxygens (including phenoxy) is 1. The first-order valence-electron chi connectivity index (χ1n) is 11.4. The maximum atomic E-state index is 14.4. The number of hydrogen-bond donors (Lipinski definition) is 0. The minimum absolute atomic E-state index is 0.411. The van der Waals surface area contributed by atoms with Gasteiger partial charge < -0.3 is 4.74 Å². The fourth-order valence-electron chi connectivity index (χ4n) is 4.91. The van der Waals surface area contributed by atoms with Crippen molar-refractivity contribution in [3.8, 4) is 0 Å². The van der Waals surface area contributed by atoms with E-state index in [1.807, 2.05) is 115 Å². The summed E-state index contributed by atoms with van der Waals surface area (Å²) in [6.45, 7) is 1.67. The molecule has 0 aromatic heterocycles. The van der Waals surface area contributed by atoms with Crippen molar-refractivity contribution in [2.45, 2.75) is 23.4 Å². The Kier molecular flexibility index (Phi) is 6.03. The molecule has 0 aliphatic carbocycles. The summed E-state index contributed by atoms with van der Waals surface area (Å²) in [7, 11) is 0. The lowest BCUT2D eigenvalue weighted by Gasteiger charge is -2.41. The van der Waals surface area contributed by atoms with Crippen molar-refractivity contribution in [1.29, 1.82) is 0 Å². The van der Waals surface area contributed by atoms with Crippen molar-refractivity contribution in [3.63, 3.8) is 0 Å². The predicted molar refractivity (Wildman–Crippen MR) is 139 cm³/mol. The summed E-state index contributed by atoms with van der Waals surface area (Å²) in [6.07, 6.45) is -0.682. The molecule has 174 valence electrons. The molecule has 0 spiro atoms. The van der Waals surface area contributed by atoms with Gasteiger partial charge in [0.05, 0.1) is 0 Å². The van der Waals surface area contributed by atoms with Gasteiger partial charge in [0.25, 0.3) is 5.91 Å². The molecule has 4 aromatic rings. The molecule has 1 fully saturated rings. The van der Waals surface area contributed by atoms with Gasteiger partial charge in [-0.05, 0) is 29.2 Å². The van der Waals surface area contributed by atoms with Gasteiger partial charge in [-0.25, -0.2) is 9.69 Å². The second kappa shape index (κ2) is 9.16. The second-order valence-corrected chi connectivity index (χ2v) is 9.25. The molecule has 5 heteroatoms. The third-order valence-electron chi connectivity index (χ3n) is 6.63. The molecule has 35 heavy (non-hydrogen) atoms. The van der Waals surface area contributed by atoms with E-state index in [4.69, 9.17) is 4.74 Å². The van der Waals surface area contributed by atoms with Gasteiger partial charge in [0.2, 0.25) is 5.60 Å². The van der Waals surface area contributed by atoms with Crippen LogP contribution in [0.25, 0.3) is 0 Å². The van der Waals surface area contributed by atoms with Crippen molar-refractivity contribution < 1.29 is 14.3 Å². The van der Waals surface area contributed by atoms with Crippen molar-refractivity contribution in [2.75, 3.05) is 0 Å². The molecule has 0 saturated carbocycles. The number of hydrogen-bond acceptors (Lipinski definition) is 3. The lowest BCUT2D eigenvalue weighted by Crippen LogP contribution is -2.52. The maximum Gasteiger partial charge on any atom is 0.419 e. The molecule has 5 rings (SSSR count). The number of carbonyl (C=O) groups is 2. The quantitative estimate of drug-likeness (QED) is 0.206. The molecule has 4 aromatic carbocycles. The minimum atomic E-state index is -1.46. The molecule has 4 nitrogen and oxygen atoms in total. The topological polar surface area (TPSA) is 46.6 Å². The number of rotatable bonds is 6. The molecule has 1 aliphatic rings. The first kappa shape index (κ1) is 23.1. The van der Waals surface area contributed by atoms with Crippen LogP contribution < -0.4 is 0 Å². The summed E-state index contributed by atoms with van der Waals surface area (Å²) in [4.78, 5) is 29.4. The summed E-state index contributed by atoms with van der Waals surface area (Å²) in [5.41, 5.74) is 1.33. The molecule has 1 aliphatic heterocycles. The molecule has 0 unspecified atom stereocenters. The standard InChI is InChI=1S/C30H24BrNO3/c1-29(26-19-11-12-22(20-26)21-31)27(33)32(28(34)35-29)30(23-13-5-2-6-14-23,24-15-7-3-8-16-24)25-17-9-4-10-18-25/h2-20H,21H2,1H3/t29-/m1/s1. The number of cyclic esters (lactones) is 1. The molecular formula is C30H24BrNO3. The lowest BCUT2D eigenvalue weighted by molar-refractivity contribution is -0.138. The van der Waals surface area contributed by atoms with Crippen LogP contribution in [0.2, 0.25) is 0 Å². The summed E-state index contributed by atoms with van der Waals surface area (Å²) in [5.74, 6) is -0.411. The SMILES string of the molecule is C[C@]1(c2cccc(CBr)c2)OC(=O)N(C(c2ccccc2)(c2ccccc2)c2ccccc2)C1=O. The Hall–Kier alpha value is -3.70. The fourth-order valence-corrected chi connectivity index (χ4v) is 5.26. The summed E-state index contributed by atoms with van der Waals surface area (Å²) < 4.78 is 5.95. The number of imide groups is 1. The Labute approximate surface area is 213 Å². The Morgan fingerprint density at radius 3 is 1.69 bits per heavy atom.